The van der Waals surface area contributed by atoms with Crippen LogP contribution in [-0.2, 0) is 10.8 Å². The van der Waals surface area contributed by atoms with Crippen molar-refractivity contribution < 1.29 is 4.74 Å². The van der Waals surface area contributed by atoms with Crippen LogP contribution in [0, 0.1) is 27.7 Å². The third kappa shape index (κ3) is 5.87. The van der Waals surface area contributed by atoms with E-state index >= 15 is 0 Å². The zero-order valence-electron chi connectivity index (χ0n) is 34.1. The monoisotopic (exact) mass is 735 g/mol. The van der Waals surface area contributed by atoms with Crippen molar-refractivity contribution >= 4 is 43.6 Å². The summed E-state index contributed by atoms with van der Waals surface area (Å²) in [5.41, 5.74) is 13.6. The molecule has 9 rings (SSSR count). The fourth-order valence-corrected chi connectivity index (χ4v) is 8.61. The number of hydrogen-bond acceptors (Lipinski definition) is 3. The highest BCUT2D eigenvalue weighted by molar-refractivity contribution is 6.12. The summed E-state index contributed by atoms with van der Waals surface area (Å²) < 4.78 is 13.4. The quantitative estimate of drug-likeness (QED) is 0.177. The van der Waals surface area contributed by atoms with Gasteiger partial charge in [-0.3, -0.25) is 4.57 Å². The summed E-state index contributed by atoms with van der Waals surface area (Å²) in [6.07, 6.45) is 1.96. The summed E-state index contributed by atoms with van der Waals surface area (Å²) in [6, 6.07) is 39.4. The molecule has 0 radical (unpaired) electrons. The van der Waals surface area contributed by atoms with Crippen LogP contribution in [0.1, 0.15) is 75.2 Å². The second kappa shape index (κ2) is 12.7. The normalized spacial score (nSPS) is 12.5. The number of rotatable bonds is 5. The molecule has 4 aromatic heterocycles. The summed E-state index contributed by atoms with van der Waals surface area (Å²) in [4.78, 5) is 5.10. The summed E-state index contributed by atoms with van der Waals surface area (Å²) in [5.74, 6) is 2.37. The SMILES string of the molecule is Cc1cc(Oc2ccc3c4cc(C)ccc4n(-c4cc(-n5c6c(C(C)(C)C)cccc6c6cccc(C(C)(C)C)c65)ccn4)c3c2)cc(-n2nc(C)cc2C)c1. The second-order valence-electron chi connectivity index (χ2n) is 17.6. The Bertz CT molecular complexity index is 2940. The Hall–Kier alpha value is -6.14. The first-order chi connectivity index (χ1) is 26.7. The third-order valence-corrected chi connectivity index (χ3v) is 11.1. The van der Waals surface area contributed by atoms with Crippen LogP contribution >= 0.6 is 0 Å². The number of benzene rings is 5. The fraction of sp³-hybridized carbons (Fsp3) is 0.240. The number of fused-ring (bicyclic) bond motifs is 6. The molecule has 0 spiro atoms. The standard InChI is InChI=1S/C50H49N5O/c1-30-17-20-44-41(25-30)38-19-18-36(56-37-24-31(2)23-35(27-37)55-33(4)26-32(3)52-55)29-45(38)54(44)46-28-34(21-22-51-46)53-47-39(13-11-15-42(47)49(5,6)7)40-14-12-16-43(48(40)53)50(8,9)10/h11-29H,1-10H3. The number of aromatic nitrogens is 5. The van der Waals surface area contributed by atoms with E-state index in [4.69, 9.17) is 14.8 Å². The minimum atomic E-state index is -0.0707. The van der Waals surface area contributed by atoms with Gasteiger partial charge >= 0.3 is 0 Å². The van der Waals surface area contributed by atoms with E-state index in [1.54, 1.807) is 0 Å². The van der Waals surface area contributed by atoms with Gasteiger partial charge in [-0.1, -0.05) is 89.6 Å². The first-order valence-electron chi connectivity index (χ1n) is 19.6. The lowest BCUT2D eigenvalue weighted by Gasteiger charge is -2.24. The van der Waals surface area contributed by atoms with E-state index in [9.17, 15) is 0 Å². The number of hydrogen-bond donors (Lipinski definition) is 0. The van der Waals surface area contributed by atoms with Crippen molar-refractivity contribution in [3.63, 3.8) is 0 Å². The molecule has 0 bridgehead atoms. The van der Waals surface area contributed by atoms with Crippen molar-refractivity contribution in [2.75, 3.05) is 0 Å². The smallest absolute Gasteiger partial charge is 0.139 e. The molecule has 6 nitrogen and oxygen atoms in total. The first kappa shape index (κ1) is 35.6. The van der Waals surface area contributed by atoms with Crippen LogP contribution in [0.3, 0.4) is 0 Å². The average Bonchev–Trinajstić information content (AvgIpc) is 3.78. The maximum atomic E-state index is 6.68. The van der Waals surface area contributed by atoms with Gasteiger partial charge in [0.2, 0.25) is 0 Å². The molecule has 5 aromatic carbocycles. The molecule has 0 aliphatic carbocycles. The number of pyridine rings is 1. The highest BCUT2D eigenvalue weighted by atomic mass is 16.5. The molecule has 0 atom stereocenters. The summed E-state index contributed by atoms with van der Waals surface area (Å²) in [6.45, 7) is 22.2. The number of para-hydroxylation sites is 2. The number of ether oxygens (including phenoxy) is 1. The van der Waals surface area contributed by atoms with Crippen molar-refractivity contribution in [2.24, 2.45) is 0 Å². The van der Waals surface area contributed by atoms with Gasteiger partial charge in [-0.15, -0.1) is 0 Å². The first-order valence-corrected chi connectivity index (χ1v) is 19.6. The molecule has 0 unspecified atom stereocenters. The maximum Gasteiger partial charge on any atom is 0.139 e. The van der Waals surface area contributed by atoms with Gasteiger partial charge < -0.3 is 9.30 Å². The Morgan fingerprint density at radius 1 is 0.518 bits per heavy atom. The van der Waals surface area contributed by atoms with E-state index in [-0.39, 0.29) is 10.8 Å². The van der Waals surface area contributed by atoms with Gasteiger partial charge in [0.05, 0.1) is 39.1 Å². The van der Waals surface area contributed by atoms with Gasteiger partial charge in [0.15, 0.2) is 0 Å². The van der Waals surface area contributed by atoms with E-state index in [1.165, 1.54) is 43.9 Å². The van der Waals surface area contributed by atoms with E-state index in [1.807, 2.05) is 17.8 Å². The number of nitrogens with zero attached hydrogens (tertiary/aromatic N) is 5. The minimum Gasteiger partial charge on any atom is -0.457 e. The van der Waals surface area contributed by atoms with Crippen molar-refractivity contribution in [1.29, 1.82) is 0 Å². The minimum absolute atomic E-state index is 0.0707. The second-order valence-corrected chi connectivity index (χ2v) is 17.6. The average molecular weight is 736 g/mol. The van der Waals surface area contributed by atoms with Crippen molar-refractivity contribution in [3.05, 3.63) is 149 Å². The Morgan fingerprint density at radius 2 is 1.21 bits per heavy atom. The lowest BCUT2D eigenvalue weighted by atomic mass is 9.85. The highest BCUT2D eigenvalue weighted by Gasteiger charge is 2.27. The van der Waals surface area contributed by atoms with Crippen LogP contribution in [0.25, 0.3) is 60.8 Å². The van der Waals surface area contributed by atoms with Gasteiger partial charge in [0.25, 0.3) is 0 Å². The molecule has 0 aliphatic heterocycles. The van der Waals surface area contributed by atoms with Crippen LogP contribution in [0.5, 0.6) is 11.5 Å². The zero-order chi connectivity index (χ0) is 39.3. The topological polar surface area (TPSA) is 49.8 Å². The molecule has 0 amide bonds. The molecule has 4 heterocycles. The predicted molar refractivity (Wildman–Crippen MR) is 233 cm³/mol. The molecule has 56 heavy (non-hydrogen) atoms. The Morgan fingerprint density at radius 3 is 1.86 bits per heavy atom. The van der Waals surface area contributed by atoms with E-state index < -0.39 is 0 Å². The van der Waals surface area contributed by atoms with Crippen molar-refractivity contribution in [1.82, 2.24) is 23.9 Å². The molecule has 0 saturated carbocycles. The van der Waals surface area contributed by atoms with Gasteiger partial charge in [-0.2, -0.15) is 5.10 Å². The Balaban J connectivity index is 1.26. The lowest BCUT2D eigenvalue weighted by Crippen LogP contribution is -2.15. The molecule has 280 valence electrons. The van der Waals surface area contributed by atoms with Gasteiger partial charge in [0.1, 0.15) is 17.3 Å². The molecule has 0 fully saturated rings. The number of aryl methyl sites for hydroxylation is 4. The molecule has 6 heteroatoms. The van der Waals surface area contributed by atoms with Gasteiger partial charge in [0, 0.05) is 51.6 Å². The summed E-state index contributed by atoms with van der Waals surface area (Å²) >= 11 is 0. The van der Waals surface area contributed by atoms with Crippen LogP contribution < -0.4 is 4.74 Å². The van der Waals surface area contributed by atoms with E-state index in [2.05, 4.69) is 181 Å². The van der Waals surface area contributed by atoms with Crippen molar-refractivity contribution in [3.8, 4) is 28.7 Å². The van der Waals surface area contributed by atoms with Gasteiger partial charge in [-0.05, 0) is 104 Å². The highest BCUT2D eigenvalue weighted by Crippen LogP contribution is 2.43. The van der Waals surface area contributed by atoms with Crippen molar-refractivity contribution in [2.45, 2.75) is 80.1 Å². The molecule has 0 saturated heterocycles. The maximum absolute atomic E-state index is 6.68. The summed E-state index contributed by atoms with van der Waals surface area (Å²) in [7, 11) is 0. The fourth-order valence-electron chi connectivity index (χ4n) is 8.61. The van der Waals surface area contributed by atoms with E-state index in [0.717, 1.165) is 62.1 Å². The largest absolute Gasteiger partial charge is 0.457 e. The molecule has 9 aromatic rings. The van der Waals surface area contributed by atoms with Crippen LogP contribution in [0.2, 0.25) is 0 Å². The molecular weight excluding hydrogens is 687 g/mol. The summed E-state index contributed by atoms with van der Waals surface area (Å²) in [5, 5.41) is 9.60. The Kier molecular flexibility index (Phi) is 8.07. The predicted octanol–water partition coefficient (Wildman–Crippen LogP) is 13.1. The third-order valence-electron chi connectivity index (χ3n) is 11.1. The van der Waals surface area contributed by atoms with Crippen LogP contribution in [0.15, 0.2) is 115 Å². The molecular formula is C50H49N5O. The van der Waals surface area contributed by atoms with Gasteiger partial charge in [-0.25, -0.2) is 9.67 Å². The Labute approximate surface area is 329 Å². The molecule has 0 aliphatic rings. The van der Waals surface area contributed by atoms with Crippen LogP contribution in [0.4, 0.5) is 0 Å². The molecule has 0 N–H and O–H groups in total. The lowest BCUT2D eigenvalue weighted by molar-refractivity contribution is 0.482. The van der Waals surface area contributed by atoms with Crippen LogP contribution in [-0.4, -0.2) is 23.9 Å². The van der Waals surface area contributed by atoms with E-state index in [0.29, 0.717) is 0 Å². The zero-order valence-corrected chi connectivity index (χ0v) is 34.1.